The lowest BCUT2D eigenvalue weighted by molar-refractivity contribution is -0.124. The van der Waals surface area contributed by atoms with Crippen LogP contribution in [0.3, 0.4) is 0 Å². The van der Waals surface area contributed by atoms with E-state index in [0.717, 1.165) is 5.56 Å². The SMILES string of the molecule is O=C(CCc1ccc(S(=O)(=O)N2CCOCC2)cc1)NCC(=O)Nc1ccccc1. The third kappa shape index (κ3) is 6.12. The maximum Gasteiger partial charge on any atom is 0.243 e. The van der Waals surface area contributed by atoms with Crippen molar-refractivity contribution in [3.63, 3.8) is 0 Å². The van der Waals surface area contributed by atoms with E-state index in [1.165, 1.54) is 4.31 Å². The lowest BCUT2D eigenvalue weighted by Crippen LogP contribution is -2.40. The molecule has 0 bridgehead atoms. The average molecular weight is 432 g/mol. The van der Waals surface area contributed by atoms with Crippen molar-refractivity contribution < 1.29 is 22.7 Å². The molecule has 1 fully saturated rings. The number of anilines is 1. The first-order chi connectivity index (χ1) is 14.4. The topological polar surface area (TPSA) is 105 Å². The quantitative estimate of drug-likeness (QED) is 0.657. The first-order valence-corrected chi connectivity index (χ1v) is 11.2. The predicted molar refractivity (Wildman–Crippen MR) is 112 cm³/mol. The van der Waals surface area contributed by atoms with E-state index in [1.807, 2.05) is 18.2 Å². The number of hydrogen-bond donors (Lipinski definition) is 2. The Hall–Kier alpha value is -2.75. The molecule has 0 unspecified atom stereocenters. The van der Waals surface area contributed by atoms with Crippen molar-refractivity contribution in [3.05, 3.63) is 60.2 Å². The second-order valence-electron chi connectivity index (χ2n) is 6.85. The van der Waals surface area contributed by atoms with Crippen molar-refractivity contribution in [2.24, 2.45) is 0 Å². The van der Waals surface area contributed by atoms with E-state index < -0.39 is 10.0 Å². The number of benzene rings is 2. The van der Waals surface area contributed by atoms with Crippen LogP contribution in [0.15, 0.2) is 59.5 Å². The third-order valence-corrected chi connectivity index (χ3v) is 6.59. The molecule has 2 aromatic rings. The van der Waals surface area contributed by atoms with Crippen molar-refractivity contribution >= 4 is 27.5 Å². The van der Waals surface area contributed by atoms with Gasteiger partial charge < -0.3 is 15.4 Å². The maximum atomic E-state index is 12.6. The zero-order chi connectivity index (χ0) is 21.4. The van der Waals surface area contributed by atoms with E-state index in [0.29, 0.717) is 38.4 Å². The van der Waals surface area contributed by atoms with E-state index in [-0.39, 0.29) is 29.7 Å². The first kappa shape index (κ1) is 21.9. The van der Waals surface area contributed by atoms with Crippen molar-refractivity contribution in [1.82, 2.24) is 9.62 Å². The van der Waals surface area contributed by atoms with E-state index in [1.54, 1.807) is 36.4 Å². The molecule has 2 amide bonds. The minimum atomic E-state index is -3.52. The molecule has 160 valence electrons. The minimum Gasteiger partial charge on any atom is -0.379 e. The summed E-state index contributed by atoms with van der Waals surface area (Å²) in [6, 6.07) is 15.5. The van der Waals surface area contributed by atoms with Crippen molar-refractivity contribution in [2.45, 2.75) is 17.7 Å². The van der Waals surface area contributed by atoms with Crippen molar-refractivity contribution in [2.75, 3.05) is 38.2 Å². The summed E-state index contributed by atoms with van der Waals surface area (Å²) in [5.41, 5.74) is 1.52. The highest BCUT2D eigenvalue weighted by molar-refractivity contribution is 7.89. The Morgan fingerprint density at radius 2 is 1.60 bits per heavy atom. The molecule has 1 aliphatic heterocycles. The summed E-state index contributed by atoms with van der Waals surface area (Å²) in [6.07, 6.45) is 0.651. The smallest absolute Gasteiger partial charge is 0.243 e. The molecule has 2 aromatic carbocycles. The molecule has 0 spiro atoms. The van der Waals surface area contributed by atoms with E-state index >= 15 is 0 Å². The van der Waals surface area contributed by atoms with Crippen LogP contribution in [-0.4, -0.2) is 57.4 Å². The lowest BCUT2D eigenvalue weighted by atomic mass is 10.1. The van der Waals surface area contributed by atoms with Gasteiger partial charge in [0.05, 0.1) is 24.7 Å². The summed E-state index contributed by atoms with van der Waals surface area (Å²) in [5.74, 6) is -0.546. The van der Waals surface area contributed by atoms with Crippen LogP contribution in [-0.2, 0) is 30.8 Å². The molecule has 0 atom stereocenters. The standard InChI is InChI=1S/C21H25N3O5S/c25-20(22-16-21(26)23-18-4-2-1-3-5-18)11-8-17-6-9-19(10-7-17)30(27,28)24-12-14-29-15-13-24/h1-7,9-10H,8,11-16H2,(H,22,25)(H,23,26). The second kappa shape index (κ2) is 10.3. The third-order valence-electron chi connectivity index (χ3n) is 4.68. The van der Waals surface area contributed by atoms with Crippen LogP contribution < -0.4 is 10.6 Å². The number of para-hydroxylation sites is 1. The van der Waals surface area contributed by atoms with Gasteiger partial charge >= 0.3 is 0 Å². The van der Waals surface area contributed by atoms with Crippen LogP contribution in [0.2, 0.25) is 0 Å². The number of ether oxygens (including phenoxy) is 1. The van der Waals surface area contributed by atoms with Gasteiger partial charge in [0, 0.05) is 25.2 Å². The second-order valence-corrected chi connectivity index (χ2v) is 8.79. The van der Waals surface area contributed by atoms with Gasteiger partial charge in [-0.05, 0) is 36.2 Å². The van der Waals surface area contributed by atoms with Gasteiger partial charge in [-0.2, -0.15) is 4.31 Å². The molecule has 3 rings (SSSR count). The number of nitrogens with zero attached hydrogens (tertiary/aromatic N) is 1. The fourth-order valence-electron chi connectivity index (χ4n) is 3.02. The highest BCUT2D eigenvalue weighted by Gasteiger charge is 2.26. The molecule has 1 aliphatic rings. The Morgan fingerprint density at radius 1 is 0.933 bits per heavy atom. The molecule has 2 N–H and O–H groups in total. The minimum absolute atomic E-state index is 0.107. The maximum absolute atomic E-state index is 12.6. The van der Waals surface area contributed by atoms with Gasteiger partial charge in [0.2, 0.25) is 21.8 Å². The zero-order valence-corrected chi connectivity index (χ0v) is 17.4. The van der Waals surface area contributed by atoms with Crippen molar-refractivity contribution in [1.29, 1.82) is 0 Å². The van der Waals surface area contributed by atoms with E-state index in [4.69, 9.17) is 4.74 Å². The lowest BCUT2D eigenvalue weighted by Gasteiger charge is -2.26. The van der Waals surface area contributed by atoms with Crippen LogP contribution in [0.1, 0.15) is 12.0 Å². The molecule has 1 heterocycles. The Morgan fingerprint density at radius 3 is 2.27 bits per heavy atom. The summed E-state index contributed by atoms with van der Waals surface area (Å²) in [6.45, 7) is 1.39. The van der Waals surface area contributed by atoms with Gasteiger partial charge in [-0.25, -0.2) is 8.42 Å². The summed E-state index contributed by atoms with van der Waals surface area (Å²) >= 11 is 0. The van der Waals surface area contributed by atoms with Crippen LogP contribution >= 0.6 is 0 Å². The average Bonchev–Trinajstić information content (AvgIpc) is 2.78. The van der Waals surface area contributed by atoms with Crippen LogP contribution in [0, 0.1) is 0 Å². The van der Waals surface area contributed by atoms with Gasteiger partial charge in [-0.1, -0.05) is 30.3 Å². The molecule has 1 saturated heterocycles. The van der Waals surface area contributed by atoms with Gasteiger partial charge in [-0.3, -0.25) is 9.59 Å². The normalized spacial score (nSPS) is 14.8. The molecular formula is C21H25N3O5S. The molecule has 30 heavy (non-hydrogen) atoms. The summed E-state index contributed by atoms with van der Waals surface area (Å²) in [5, 5.41) is 5.28. The highest BCUT2D eigenvalue weighted by atomic mass is 32.2. The predicted octanol–water partition coefficient (Wildman–Crippen LogP) is 1.39. The Balaban J connectivity index is 1.44. The summed E-state index contributed by atoms with van der Waals surface area (Å²) in [7, 11) is -3.52. The molecule has 9 heteroatoms. The Kier molecular flexibility index (Phi) is 7.56. The number of amides is 2. The zero-order valence-electron chi connectivity index (χ0n) is 16.5. The monoisotopic (exact) mass is 431 g/mol. The number of morpholine rings is 1. The Bertz CT molecular complexity index is 956. The Labute approximate surface area is 176 Å². The number of hydrogen-bond acceptors (Lipinski definition) is 5. The number of carbonyl (C=O) groups excluding carboxylic acids is 2. The van der Waals surface area contributed by atoms with E-state index in [2.05, 4.69) is 10.6 Å². The van der Waals surface area contributed by atoms with Crippen LogP contribution in [0.4, 0.5) is 5.69 Å². The fraction of sp³-hybridized carbons (Fsp3) is 0.333. The molecule has 0 radical (unpaired) electrons. The van der Waals surface area contributed by atoms with Crippen LogP contribution in [0.5, 0.6) is 0 Å². The molecule has 0 aliphatic carbocycles. The summed E-state index contributed by atoms with van der Waals surface area (Å²) < 4.78 is 31.8. The van der Waals surface area contributed by atoms with Gasteiger partial charge in [0.15, 0.2) is 0 Å². The molecule has 8 nitrogen and oxygen atoms in total. The summed E-state index contributed by atoms with van der Waals surface area (Å²) in [4.78, 5) is 24.1. The number of rotatable bonds is 8. The number of carbonyl (C=O) groups is 2. The van der Waals surface area contributed by atoms with Gasteiger partial charge in [0.25, 0.3) is 0 Å². The molecular weight excluding hydrogens is 406 g/mol. The van der Waals surface area contributed by atoms with E-state index in [9.17, 15) is 18.0 Å². The highest BCUT2D eigenvalue weighted by Crippen LogP contribution is 2.18. The van der Waals surface area contributed by atoms with Crippen LogP contribution in [0.25, 0.3) is 0 Å². The largest absolute Gasteiger partial charge is 0.379 e. The molecule has 0 aromatic heterocycles. The number of sulfonamides is 1. The van der Waals surface area contributed by atoms with Crippen molar-refractivity contribution in [3.8, 4) is 0 Å². The number of nitrogens with one attached hydrogen (secondary N) is 2. The van der Waals surface area contributed by atoms with Gasteiger partial charge in [0.1, 0.15) is 0 Å². The number of aryl methyl sites for hydroxylation is 1. The molecule has 0 saturated carbocycles. The van der Waals surface area contributed by atoms with Gasteiger partial charge in [-0.15, -0.1) is 0 Å². The first-order valence-electron chi connectivity index (χ1n) is 9.73. The fourth-order valence-corrected chi connectivity index (χ4v) is 4.42.